The van der Waals surface area contributed by atoms with Crippen molar-refractivity contribution in [1.82, 2.24) is 19.6 Å². The van der Waals surface area contributed by atoms with E-state index in [0.717, 1.165) is 36.9 Å². The Morgan fingerprint density at radius 2 is 2.30 bits per heavy atom. The Morgan fingerprint density at radius 3 is 3.13 bits per heavy atom. The molecular formula is C16H21N5OS. The molecule has 23 heavy (non-hydrogen) atoms. The number of thioether (sulfide) groups is 1. The highest BCUT2D eigenvalue weighted by atomic mass is 32.2. The number of carbonyl (C=O) groups is 1. The lowest BCUT2D eigenvalue weighted by Crippen LogP contribution is -2.51. The summed E-state index contributed by atoms with van der Waals surface area (Å²) in [5.74, 6) is -0.122. The van der Waals surface area contributed by atoms with E-state index >= 15 is 0 Å². The Kier molecular flexibility index (Phi) is 3.98. The Hall–Kier alpha value is -1.60. The van der Waals surface area contributed by atoms with Gasteiger partial charge in [0.05, 0.1) is 11.1 Å². The van der Waals surface area contributed by atoms with Crippen LogP contribution in [-0.4, -0.2) is 62.9 Å². The zero-order valence-electron chi connectivity index (χ0n) is 13.3. The average molecular weight is 331 g/mol. The van der Waals surface area contributed by atoms with Crippen LogP contribution in [0.4, 0.5) is 0 Å². The topological polar surface area (TPSA) is 53.7 Å². The van der Waals surface area contributed by atoms with Gasteiger partial charge in [-0.1, -0.05) is 0 Å². The SMILES string of the molecule is CCn1cc(C=C2SC(N3CCN4CCCC4C3)=NC2=O)cn1. The number of carbonyl (C=O) groups excluding carboxylic acids is 1. The van der Waals surface area contributed by atoms with E-state index in [1.54, 1.807) is 6.20 Å². The van der Waals surface area contributed by atoms with E-state index in [1.165, 1.54) is 31.1 Å². The third-order valence-corrected chi connectivity index (χ3v) is 5.79. The van der Waals surface area contributed by atoms with Crippen molar-refractivity contribution in [3.63, 3.8) is 0 Å². The van der Waals surface area contributed by atoms with Crippen molar-refractivity contribution in [2.75, 3.05) is 26.2 Å². The summed E-state index contributed by atoms with van der Waals surface area (Å²) in [6.07, 6.45) is 8.20. The highest BCUT2D eigenvalue weighted by Crippen LogP contribution is 2.32. The second-order valence-electron chi connectivity index (χ2n) is 6.22. The van der Waals surface area contributed by atoms with Gasteiger partial charge in [-0.05, 0) is 44.1 Å². The van der Waals surface area contributed by atoms with Gasteiger partial charge in [-0.3, -0.25) is 14.4 Å². The molecule has 0 aliphatic carbocycles. The first kappa shape index (κ1) is 15.0. The van der Waals surface area contributed by atoms with Gasteiger partial charge in [0.1, 0.15) is 0 Å². The van der Waals surface area contributed by atoms with Crippen molar-refractivity contribution in [2.45, 2.75) is 32.4 Å². The minimum atomic E-state index is -0.122. The van der Waals surface area contributed by atoms with Gasteiger partial charge in [0.25, 0.3) is 5.91 Å². The number of aliphatic imine (C=N–C) groups is 1. The zero-order valence-corrected chi connectivity index (χ0v) is 14.1. The number of rotatable bonds is 2. The molecule has 3 aliphatic rings. The van der Waals surface area contributed by atoms with Crippen LogP contribution in [0.5, 0.6) is 0 Å². The van der Waals surface area contributed by atoms with Crippen molar-refractivity contribution < 1.29 is 4.79 Å². The van der Waals surface area contributed by atoms with Gasteiger partial charge in [-0.2, -0.15) is 10.1 Å². The minimum absolute atomic E-state index is 0.122. The normalized spacial score (nSPS) is 26.9. The first-order valence-electron chi connectivity index (χ1n) is 8.27. The molecule has 0 bridgehead atoms. The first-order valence-corrected chi connectivity index (χ1v) is 9.08. The van der Waals surface area contributed by atoms with Gasteiger partial charge in [0.15, 0.2) is 5.17 Å². The van der Waals surface area contributed by atoms with Gasteiger partial charge in [0.2, 0.25) is 0 Å². The number of piperazine rings is 1. The van der Waals surface area contributed by atoms with E-state index in [0.29, 0.717) is 10.9 Å². The van der Waals surface area contributed by atoms with Gasteiger partial charge >= 0.3 is 0 Å². The summed E-state index contributed by atoms with van der Waals surface area (Å²) < 4.78 is 1.86. The number of amides is 1. The van der Waals surface area contributed by atoms with E-state index in [9.17, 15) is 4.79 Å². The Labute approximate surface area is 140 Å². The zero-order chi connectivity index (χ0) is 15.8. The molecule has 4 heterocycles. The molecule has 6 nitrogen and oxygen atoms in total. The summed E-state index contributed by atoms with van der Waals surface area (Å²) in [4.78, 5) is 22.0. The monoisotopic (exact) mass is 331 g/mol. The number of aryl methyl sites for hydroxylation is 1. The van der Waals surface area contributed by atoms with Crippen LogP contribution in [0.2, 0.25) is 0 Å². The summed E-state index contributed by atoms with van der Waals surface area (Å²) in [6.45, 7) is 7.15. The Bertz CT molecular complexity index is 680. The molecule has 1 aromatic rings. The van der Waals surface area contributed by atoms with Crippen molar-refractivity contribution in [3.05, 3.63) is 22.9 Å². The van der Waals surface area contributed by atoms with E-state index in [1.807, 2.05) is 23.9 Å². The lowest BCUT2D eigenvalue weighted by atomic mass is 10.2. The molecule has 122 valence electrons. The van der Waals surface area contributed by atoms with Crippen molar-refractivity contribution in [1.29, 1.82) is 0 Å². The standard InChI is InChI=1S/C16H21N5OS/c1-2-21-10-12(9-17-21)8-14-15(22)18-16(23-14)20-7-6-19-5-3-4-13(19)11-20/h8-10,13H,2-7,11H2,1H3. The van der Waals surface area contributed by atoms with Gasteiger partial charge in [0, 0.05) is 44.0 Å². The molecule has 4 rings (SSSR count). The Balaban J connectivity index is 1.46. The summed E-state index contributed by atoms with van der Waals surface area (Å²) in [6, 6.07) is 0.637. The molecule has 0 N–H and O–H groups in total. The molecule has 2 saturated heterocycles. The predicted molar refractivity (Wildman–Crippen MR) is 92.1 cm³/mol. The Morgan fingerprint density at radius 1 is 1.39 bits per heavy atom. The number of hydrogen-bond donors (Lipinski definition) is 0. The molecule has 0 spiro atoms. The van der Waals surface area contributed by atoms with E-state index < -0.39 is 0 Å². The largest absolute Gasteiger partial charge is 0.348 e. The average Bonchev–Trinajstić information content (AvgIpc) is 3.27. The molecule has 2 fully saturated rings. The summed E-state index contributed by atoms with van der Waals surface area (Å²) >= 11 is 1.50. The van der Waals surface area contributed by atoms with E-state index in [4.69, 9.17) is 0 Å². The maximum Gasteiger partial charge on any atom is 0.286 e. The maximum atomic E-state index is 12.2. The van der Waals surface area contributed by atoms with Crippen LogP contribution in [0.3, 0.4) is 0 Å². The van der Waals surface area contributed by atoms with Crippen LogP contribution >= 0.6 is 11.8 Å². The molecule has 0 saturated carbocycles. The van der Waals surface area contributed by atoms with Crippen molar-refractivity contribution >= 4 is 28.9 Å². The van der Waals surface area contributed by atoms with Crippen LogP contribution in [-0.2, 0) is 11.3 Å². The number of hydrogen-bond acceptors (Lipinski definition) is 5. The fourth-order valence-corrected chi connectivity index (χ4v) is 4.42. The lowest BCUT2D eigenvalue weighted by molar-refractivity contribution is -0.113. The number of amidine groups is 1. The van der Waals surface area contributed by atoms with Gasteiger partial charge in [-0.25, -0.2) is 0 Å². The van der Waals surface area contributed by atoms with Crippen LogP contribution in [0.1, 0.15) is 25.3 Å². The number of fused-ring (bicyclic) bond motifs is 1. The highest BCUT2D eigenvalue weighted by Gasteiger charge is 2.34. The predicted octanol–water partition coefficient (Wildman–Crippen LogP) is 1.65. The highest BCUT2D eigenvalue weighted by molar-refractivity contribution is 8.18. The maximum absolute atomic E-state index is 12.2. The molecular weight excluding hydrogens is 310 g/mol. The first-order chi connectivity index (χ1) is 11.2. The van der Waals surface area contributed by atoms with E-state index in [-0.39, 0.29) is 5.91 Å². The third kappa shape index (κ3) is 2.95. The summed E-state index contributed by atoms with van der Waals surface area (Å²) in [5.41, 5.74) is 0.958. The molecule has 3 aliphatic heterocycles. The smallest absolute Gasteiger partial charge is 0.286 e. The molecule has 1 aromatic heterocycles. The van der Waals surface area contributed by atoms with E-state index in [2.05, 4.69) is 19.9 Å². The lowest BCUT2D eigenvalue weighted by Gasteiger charge is -2.38. The second kappa shape index (κ2) is 6.13. The van der Waals surface area contributed by atoms with Gasteiger partial charge < -0.3 is 4.90 Å². The van der Waals surface area contributed by atoms with Gasteiger partial charge in [-0.15, -0.1) is 0 Å². The van der Waals surface area contributed by atoms with Crippen LogP contribution in [0.15, 0.2) is 22.3 Å². The molecule has 1 unspecified atom stereocenters. The molecule has 1 atom stereocenters. The summed E-state index contributed by atoms with van der Waals surface area (Å²) in [5, 5.41) is 5.12. The molecule has 1 amide bonds. The molecule has 7 heteroatoms. The van der Waals surface area contributed by atoms with Crippen LogP contribution in [0.25, 0.3) is 6.08 Å². The third-order valence-electron chi connectivity index (χ3n) is 4.74. The summed E-state index contributed by atoms with van der Waals surface area (Å²) in [7, 11) is 0. The second-order valence-corrected chi connectivity index (χ2v) is 7.23. The fraction of sp³-hybridized carbons (Fsp3) is 0.562. The van der Waals surface area contributed by atoms with Crippen LogP contribution in [0, 0.1) is 0 Å². The number of nitrogens with zero attached hydrogens (tertiary/aromatic N) is 5. The fourth-order valence-electron chi connectivity index (χ4n) is 3.48. The molecule has 0 radical (unpaired) electrons. The van der Waals surface area contributed by atoms with Crippen LogP contribution < -0.4 is 0 Å². The number of aromatic nitrogens is 2. The van der Waals surface area contributed by atoms with Crippen molar-refractivity contribution in [3.8, 4) is 0 Å². The minimum Gasteiger partial charge on any atom is -0.348 e. The van der Waals surface area contributed by atoms with Crippen molar-refractivity contribution in [2.24, 2.45) is 4.99 Å². The molecule has 0 aromatic carbocycles. The quantitative estimate of drug-likeness (QED) is 0.772.